The Morgan fingerprint density at radius 2 is 1.78 bits per heavy atom. The van der Waals surface area contributed by atoms with Crippen LogP contribution in [-0.4, -0.2) is 18.4 Å². The van der Waals surface area contributed by atoms with E-state index in [1.54, 1.807) is 0 Å². The van der Waals surface area contributed by atoms with Crippen molar-refractivity contribution in [2.75, 3.05) is 16.8 Å². The molecule has 27 heavy (non-hydrogen) atoms. The number of nitrogens with zero attached hydrogens (tertiary/aromatic N) is 1. The largest absolute Gasteiger partial charge is 0.325 e. The number of aryl methyl sites for hydroxylation is 1. The van der Waals surface area contributed by atoms with Crippen LogP contribution >= 0.6 is 0 Å². The van der Waals surface area contributed by atoms with Crippen LogP contribution in [-0.2, 0) is 15.0 Å². The minimum atomic E-state index is -0.449. The highest BCUT2D eigenvalue weighted by atomic mass is 16.2. The van der Waals surface area contributed by atoms with Crippen molar-refractivity contribution < 1.29 is 9.59 Å². The van der Waals surface area contributed by atoms with Crippen molar-refractivity contribution in [3.63, 3.8) is 0 Å². The molecule has 1 heterocycles. The van der Waals surface area contributed by atoms with Gasteiger partial charge in [-0.25, -0.2) is 0 Å². The molecule has 0 aromatic heterocycles. The van der Waals surface area contributed by atoms with Gasteiger partial charge in [-0.3, -0.25) is 9.59 Å². The molecule has 1 aliphatic carbocycles. The number of nitrogens with one attached hydrogen (secondary N) is 1. The molecule has 1 aliphatic heterocycles. The van der Waals surface area contributed by atoms with Crippen molar-refractivity contribution in [2.24, 2.45) is 0 Å². The highest BCUT2D eigenvalue weighted by molar-refractivity contribution is 6.01. The number of rotatable bonds is 4. The van der Waals surface area contributed by atoms with Crippen LogP contribution in [0, 0.1) is 6.92 Å². The van der Waals surface area contributed by atoms with Gasteiger partial charge in [-0.15, -0.1) is 0 Å². The molecule has 0 atom stereocenters. The number of benzene rings is 2. The first-order chi connectivity index (χ1) is 13.1. The molecule has 2 fully saturated rings. The highest BCUT2D eigenvalue weighted by Crippen LogP contribution is 2.42. The zero-order chi connectivity index (χ0) is 18.9. The van der Waals surface area contributed by atoms with Crippen LogP contribution in [0.4, 0.5) is 11.4 Å². The van der Waals surface area contributed by atoms with Gasteiger partial charge >= 0.3 is 0 Å². The molecule has 140 valence electrons. The summed E-state index contributed by atoms with van der Waals surface area (Å²) in [6.45, 7) is 2.76. The highest BCUT2D eigenvalue weighted by Gasteiger charge is 2.42. The van der Waals surface area contributed by atoms with Crippen molar-refractivity contribution in [3.05, 3.63) is 59.7 Å². The summed E-state index contributed by atoms with van der Waals surface area (Å²) in [7, 11) is 0. The van der Waals surface area contributed by atoms with Crippen LogP contribution in [0.5, 0.6) is 0 Å². The van der Waals surface area contributed by atoms with Gasteiger partial charge in [0.15, 0.2) is 0 Å². The van der Waals surface area contributed by atoms with E-state index in [0.29, 0.717) is 6.42 Å². The second-order valence-electron chi connectivity index (χ2n) is 7.76. The number of carbonyl (C=O) groups is 2. The van der Waals surface area contributed by atoms with Gasteiger partial charge < -0.3 is 10.2 Å². The van der Waals surface area contributed by atoms with E-state index in [1.165, 1.54) is 0 Å². The Morgan fingerprint density at radius 1 is 1.04 bits per heavy atom. The normalized spacial score (nSPS) is 18.7. The lowest BCUT2D eigenvalue weighted by Gasteiger charge is -2.28. The first-order valence-corrected chi connectivity index (χ1v) is 9.88. The molecule has 4 nitrogen and oxygen atoms in total. The Hall–Kier alpha value is -2.62. The lowest BCUT2D eigenvalue weighted by Crippen LogP contribution is -2.38. The average Bonchev–Trinajstić information content (AvgIpc) is 3.34. The molecule has 4 rings (SSSR count). The van der Waals surface area contributed by atoms with E-state index in [1.807, 2.05) is 48.2 Å². The Labute approximate surface area is 160 Å². The molecule has 1 saturated carbocycles. The summed E-state index contributed by atoms with van der Waals surface area (Å²) in [4.78, 5) is 27.3. The first kappa shape index (κ1) is 17.8. The molecule has 0 spiro atoms. The number of hydrogen-bond donors (Lipinski definition) is 1. The number of hydrogen-bond acceptors (Lipinski definition) is 2. The Morgan fingerprint density at radius 3 is 2.44 bits per heavy atom. The molecule has 2 amide bonds. The van der Waals surface area contributed by atoms with Crippen molar-refractivity contribution >= 4 is 23.2 Å². The predicted octanol–water partition coefficient (Wildman–Crippen LogP) is 4.57. The topological polar surface area (TPSA) is 49.4 Å². The molecule has 2 aromatic carbocycles. The fourth-order valence-electron chi connectivity index (χ4n) is 4.51. The number of anilines is 2. The lowest BCUT2D eigenvalue weighted by atomic mass is 9.78. The van der Waals surface area contributed by atoms with Crippen LogP contribution < -0.4 is 10.2 Å². The van der Waals surface area contributed by atoms with E-state index in [-0.39, 0.29) is 11.8 Å². The monoisotopic (exact) mass is 362 g/mol. The van der Waals surface area contributed by atoms with Gasteiger partial charge in [0.2, 0.25) is 11.8 Å². The SMILES string of the molecule is Cc1ccc(NC(=O)C2(c3ccccc3)CCCC2)cc1N1CCCC1=O. The summed E-state index contributed by atoms with van der Waals surface area (Å²) in [5.41, 5.74) is 3.39. The van der Waals surface area contributed by atoms with Crippen LogP contribution in [0.2, 0.25) is 0 Å². The van der Waals surface area contributed by atoms with Crippen molar-refractivity contribution in [1.29, 1.82) is 0 Å². The molecular formula is C23H26N2O2. The summed E-state index contributed by atoms with van der Waals surface area (Å²) in [6.07, 6.45) is 5.41. The maximum absolute atomic E-state index is 13.3. The molecule has 0 unspecified atom stereocenters. The van der Waals surface area contributed by atoms with Crippen LogP contribution in [0.25, 0.3) is 0 Å². The maximum Gasteiger partial charge on any atom is 0.235 e. The average molecular weight is 362 g/mol. The predicted molar refractivity (Wildman–Crippen MR) is 108 cm³/mol. The van der Waals surface area contributed by atoms with Crippen molar-refractivity contribution in [1.82, 2.24) is 0 Å². The lowest BCUT2D eigenvalue weighted by molar-refractivity contribution is -0.121. The Bertz CT molecular complexity index is 854. The van der Waals surface area contributed by atoms with E-state index in [2.05, 4.69) is 17.4 Å². The van der Waals surface area contributed by atoms with Crippen LogP contribution in [0.3, 0.4) is 0 Å². The summed E-state index contributed by atoms with van der Waals surface area (Å²) in [5.74, 6) is 0.229. The Kier molecular flexibility index (Phi) is 4.73. The second-order valence-corrected chi connectivity index (χ2v) is 7.76. The van der Waals surface area contributed by atoms with Gasteiger partial charge in [0.1, 0.15) is 0 Å². The van der Waals surface area contributed by atoms with E-state index in [4.69, 9.17) is 0 Å². The summed E-state index contributed by atoms with van der Waals surface area (Å²) in [5, 5.41) is 3.15. The van der Waals surface area contributed by atoms with Gasteiger partial charge in [0, 0.05) is 24.3 Å². The van der Waals surface area contributed by atoms with Crippen molar-refractivity contribution in [2.45, 2.75) is 50.9 Å². The third-order valence-corrected chi connectivity index (χ3v) is 6.05. The smallest absolute Gasteiger partial charge is 0.235 e. The first-order valence-electron chi connectivity index (χ1n) is 9.88. The van der Waals surface area contributed by atoms with E-state index in [0.717, 1.165) is 61.2 Å². The Balaban J connectivity index is 1.61. The summed E-state index contributed by atoms with van der Waals surface area (Å²) < 4.78 is 0. The summed E-state index contributed by atoms with van der Waals surface area (Å²) >= 11 is 0. The second kappa shape index (κ2) is 7.18. The van der Waals surface area contributed by atoms with Crippen LogP contribution in [0.15, 0.2) is 48.5 Å². The molecule has 2 aromatic rings. The van der Waals surface area contributed by atoms with Crippen LogP contribution in [0.1, 0.15) is 49.7 Å². The minimum absolute atomic E-state index is 0.0637. The fraction of sp³-hybridized carbons (Fsp3) is 0.391. The third kappa shape index (κ3) is 3.25. The van der Waals surface area contributed by atoms with Gasteiger partial charge in [-0.1, -0.05) is 49.2 Å². The fourth-order valence-corrected chi connectivity index (χ4v) is 4.51. The number of carbonyl (C=O) groups excluding carboxylic acids is 2. The molecule has 0 radical (unpaired) electrons. The van der Waals surface area contributed by atoms with Gasteiger partial charge in [0.05, 0.1) is 5.41 Å². The van der Waals surface area contributed by atoms with E-state index < -0.39 is 5.41 Å². The molecular weight excluding hydrogens is 336 g/mol. The summed E-state index contributed by atoms with van der Waals surface area (Å²) in [6, 6.07) is 16.0. The minimum Gasteiger partial charge on any atom is -0.325 e. The van der Waals surface area contributed by atoms with Gasteiger partial charge in [-0.2, -0.15) is 0 Å². The quantitative estimate of drug-likeness (QED) is 0.866. The molecule has 2 aliphatic rings. The number of amides is 2. The zero-order valence-electron chi connectivity index (χ0n) is 15.8. The molecule has 1 saturated heterocycles. The molecule has 0 bridgehead atoms. The molecule has 1 N–H and O–H groups in total. The standard InChI is InChI=1S/C23H26N2O2/c1-17-11-12-19(16-20(17)25-15-7-10-21(25)26)24-22(27)23(13-5-6-14-23)18-8-3-2-4-9-18/h2-4,8-9,11-12,16H,5-7,10,13-15H2,1H3,(H,24,27). The van der Waals surface area contributed by atoms with Crippen molar-refractivity contribution in [3.8, 4) is 0 Å². The van der Waals surface area contributed by atoms with E-state index in [9.17, 15) is 9.59 Å². The van der Waals surface area contributed by atoms with Gasteiger partial charge in [-0.05, 0) is 49.4 Å². The maximum atomic E-state index is 13.3. The third-order valence-electron chi connectivity index (χ3n) is 6.05. The van der Waals surface area contributed by atoms with E-state index >= 15 is 0 Å². The zero-order valence-corrected chi connectivity index (χ0v) is 15.8. The van der Waals surface area contributed by atoms with Gasteiger partial charge in [0.25, 0.3) is 0 Å². The molecule has 4 heteroatoms.